The van der Waals surface area contributed by atoms with Crippen LogP contribution in [0.4, 0.5) is 0 Å². The molecule has 1 fully saturated rings. The van der Waals surface area contributed by atoms with E-state index in [-0.39, 0.29) is 11.7 Å². The summed E-state index contributed by atoms with van der Waals surface area (Å²) in [5, 5.41) is 3.86. The fourth-order valence-electron chi connectivity index (χ4n) is 3.16. The Morgan fingerprint density at radius 1 is 1.29 bits per heavy atom. The predicted octanol–water partition coefficient (Wildman–Crippen LogP) is 2.42. The highest BCUT2D eigenvalue weighted by atomic mass is 32.2. The molecule has 0 bridgehead atoms. The quantitative estimate of drug-likeness (QED) is 0.797. The van der Waals surface area contributed by atoms with Gasteiger partial charge in [0.05, 0.1) is 16.6 Å². The highest BCUT2D eigenvalue weighted by Crippen LogP contribution is 2.25. The summed E-state index contributed by atoms with van der Waals surface area (Å²) in [7, 11) is -3.19. The van der Waals surface area contributed by atoms with Crippen LogP contribution < -0.4 is 0 Å². The van der Waals surface area contributed by atoms with Crippen molar-refractivity contribution in [2.45, 2.75) is 37.0 Å². The molecule has 0 N–H and O–H groups in total. The number of benzene rings is 1. The molecule has 1 aliphatic rings. The SMILES string of the molecule is Cc1noc([C@@H]2CCCN(CCCS(=O)(=O)c3ccccc3)C2)n1. The van der Waals surface area contributed by atoms with E-state index in [1.807, 2.05) is 13.0 Å². The first-order valence-electron chi connectivity index (χ1n) is 8.35. The monoisotopic (exact) mass is 349 g/mol. The third kappa shape index (κ3) is 4.21. The molecular weight excluding hydrogens is 326 g/mol. The van der Waals surface area contributed by atoms with Crippen LogP contribution in [0.25, 0.3) is 0 Å². The van der Waals surface area contributed by atoms with E-state index in [0.717, 1.165) is 32.5 Å². The van der Waals surface area contributed by atoms with Crippen molar-refractivity contribution in [2.75, 3.05) is 25.4 Å². The Morgan fingerprint density at radius 2 is 2.08 bits per heavy atom. The molecule has 7 heteroatoms. The van der Waals surface area contributed by atoms with Gasteiger partial charge < -0.3 is 9.42 Å². The van der Waals surface area contributed by atoms with Crippen LogP contribution in [0.5, 0.6) is 0 Å². The number of aryl methyl sites for hydroxylation is 1. The van der Waals surface area contributed by atoms with Crippen LogP contribution >= 0.6 is 0 Å². The highest BCUT2D eigenvalue weighted by Gasteiger charge is 2.25. The van der Waals surface area contributed by atoms with Crippen molar-refractivity contribution in [3.8, 4) is 0 Å². The first-order valence-corrected chi connectivity index (χ1v) is 10.0. The van der Waals surface area contributed by atoms with E-state index >= 15 is 0 Å². The Balaban J connectivity index is 1.51. The average molecular weight is 349 g/mol. The summed E-state index contributed by atoms with van der Waals surface area (Å²) in [6.45, 7) is 4.44. The van der Waals surface area contributed by atoms with Crippen LogP contribution in [-0.4, -0.2) is 48.8 Å². The second-order valence-corrected chi connectivity index (χ2v) is 8.41. The summed E-state index contributed by atoms with van der Waals surface area (Å²) in [5.74, 6) is 1.80. The molecule has 0 aliphatic carbocycles. The van der Waals surface area contributed by atoms with Gasteiger partial charge in [-0.25, -0.2) is 8.42 Å². The molecule has 0 amide bonds. The van der Waals surface area contributed by atoms with Gasteiger partial charge in [0.15, 0.2) is 15.7 Å². The van der Waals surface area contributed by atoms with Crippen LogP contribution in [-0.2, 0) is 9.84 Å². The van der Waals surface area contributed by atoms with Crippen molar-refractivity contribution in [3.63, 3.8) is 0 Å². The molecule has 1 aromatic carbocycles. The molecule has 1 saturated heterocycles. The van der Waals surface area contributed by atoms with Crippen LogP contribution in [0, 0.1) is 6.92 Å². The van der Waals surface area contributed by atoms with Crippen LogP contribution in [0.2, 0.25) is 0 Å². The van der Waals surface area contributed by atoms with Gasteiger partial charge in [0.25, 0.3) is 0 Å². The molecule has 1 atom stereocenters. The van der Waals surface area contributed by atoms with Crippen molar-refractivity contribution in [3.05, 3.63) is 42.0 Å². The van der Waals surface area contributed by atoms with E-state index < -0.39 is 9.84 Å². The summed E-state index contributed by atoms with van der Waals surface area (Å²) in [6.07, 6.45) is 2.74. The molecular formula is C17H23N3O3S. The third-order valence-corrected chi connectivity index (χ3v) is 6.20. The topological polar surface area (TPSA) is 76.3 Å². The van der Waals surface area contributed by atoms with Crippen LogP contribution in [0.15, 0.2) is 39.8 Å². The zero-order valence-electron chi connectivity index (χ0n) is 13.9. The Kier molecular flexibility index (Phi) is 5.30. The fraction of sp³-hybridized carbons (Fsp3) is 0.529. The number of hydrogen-bond donors (Lipinski definition) is 0. The molecule has 1 aromatic heterocycles. The fourth-order valence-corrected chi connectivity index (χ4v) is 4.48. The van der Waals surface area contributed by atoms with E-state index in [9.17, 15) is 8.42 Å². The van der Waals surface area contributed by atoms with Gasteiger partial charge in [-0.3, -0.25) is 0 Å². The number of sulfone groups is 1. The molecule has 2 aromatic rings. The van der Waals surface area contributed by atoms with Gasteiger partial charge in [-0.05, 0) is 51.4 Å². The highest BCUT2D eigenvalue weighted by molar-refractivity contribution is 7.91. The summed E-state index contributed by atoms with van der Waals surface area (Å²) in [4.78, 5) is 7.03. The number of rotatable bonds is 6. The molecule has 1 aliphatic heterocycles. The summed E-state index contributed by atoms with van der Waals surface area (Å²) < 4.78 is 29.9. The van der Waals surface area contributed by atoms with Gasteiger partial charge in [0.2, 0.25) is 5.89 Å². The number of likely N-dealkylation sites (tertiary alicyclic amines) is 1. The number of piperidine rings is 1. The Hall–Kier alpha value is -1.73. The minimum absolute atomic E-state index is 0.178. The lowest BCUT2D eigenvalue weighted by Gasteiger charge is -2.30. The second kappa shape index (κ2) is 7.44. The van der Waals surface area contributed by atoms with Gasteiger partial charge in [-0.1, -0.05) is 23.4 Å². The Morgan fingerprint density at radius 3 is 2.79 bits per heavy atom. The maximum atomic E-state index is 12.3. The molecule has 0 radical (unpaired) electrons. The van der Waals surface area contributed by atoms with Gasteiger partial charge in [-0.15, -0.1) is 0 Å². The van der Waals surface area contributed by atoms with Crippen LogP contribution in [0.1, 0.15) is 36.9 Å². The maximum Gasteiger partial charge on any atom is 0.231 e. The van der Waals surface area contributed by atoms with Crippen molar-refractivity contribution in [1.82, 2.24) is 15.0 Å². The van der Waals surface area contributed by atoms with E-state index in [1.165, 1.54) is 0 Å². The second-order valence-electron chi connectivity index (χ2n) is 6.31. The lowest BCUT2D eigenvalue weighted by atomic mass is 9.98. The number of aromatic nitrogens is 2. The van der Waals surface area contributed by atoms with Gasteiger partial charge in [0, 0.05) is 6.54 Å². The summed E-state index contributed by atoms with van der Waals surface area (Å²) in [6, 6.07) is 8.66. The van der Waals surface area contributed by atoms with Crippen molar-refractivity contribution in [2.24, 2.45) is 0 Å². The molecule has 6 nitrogen and oxygen atoms in total. The van der Waals surface area contributed by atoms with E-state index in [0.29, 0.717) is 23.0 Å². The Labute approximate surface area is 142 Å². The molecule has 0 saturated carbocycles. The van der Waals surface area contributed by atoms with Crippen LogP contribution in [0.3, 0.4) is 0 Å². The van der Waals surface area contributed by atoms with Crippen molar-refractivity contribution in [1.29, 1.82) is 0 Å². The minimum atomic E-state index is -3.19. The van der Waals surface area contributed by atoms with Gasteiger partial charge in [0.1, 0.15) is 0 Å². The van der Waals surface area contributed by atoms with E-state index in [2.05, 4.69) is 15.0 Å². The van der Waals surface area contributed by atoms with Gasteiger partial charge >= 0.3 is 0 Å². The molecule has 2 heterocycles. The minimum Gasteiger partial charge on any atom is -0.339 e. The molecule has 0 unspecified atom stereocenters. The largest absolute Gasteiger partial charge is 0.339 e. The molecule has 24 heavy (non-hydrogen) atoms. The molecule has 3 rings (SSSR count). The van der Waals surface area contributed by atoms with E-state index in [4.69, 9.17) is 4.52 Å². The maximum absolute atomic E-state index is 12.3. The lowest BCUT2D eigenvalue weighted by molar-refractivity contribution is 0.187. The zero-order valence-corrected chi connectivity index (χ0v) is 14.7. The van der Waals surface area contributed by atoms with Crippen molar-refractivity contribution >= 4 is 9.84 Å². The van der Waals surface area contributed by atoms with E-state index in [1.54, 1.807) is 24.3 Å². The molecule has 130 valence electrons. The summed E-state index contributed by atoms with van der Waals surface area (Å²) >= 11 is 0. The summed E-state index contributed by atoms with van der Waals surface area (Å²) in [5.41, 5.74) is 0. The lowest BCUT2D eigenvalue weighted by Crippen LogP contribution is -2.35. The van der Waals surface area contributed by atoms with Gasteiger partial charge in [-0.2, -0.15) is 4.98 Å². The smallest absolute Gasteiger partial charge is 0.231 e. The molecule has 0 spiro atoms. The third-order valence-electron chi connectivity index (χ3n) is 4.39. The van der Waals surface area contributed by atoms with Crippen molar-refractivity contribution < 1.29 is 12.9 Å². The normalized spacial score (nSPS) is 19.5. The zero-order chi connectivity index (χ0) is 17.0. The first kappa shape index (κ1) is 17.1. The standard InChI is InChI=1S/C17H23N3O3S/c1-14-18-17(23-19-14)15-7-5-10-20(13-15)11-6-12-24(21,22)16-8-3-2-4-9-16/h2-4,8-9,15H,5-7,10-13H2,1H3/t15-/m1/s1. The number of nitrogens with zero attached hydrogens (tertiary/aromatic N) is 3. The average Bonchev–Trinajstić information content (AvgIpc) is 3.02. The predicted molar refractivity (Wildman–Crippen MR) is 90.6 cm³/mol. The number of hydrogen-bond acceptors (Lipinski definition) is 6. The first-order chi connectivity index (χ1) is 11.5. The Bertz CT molecular complexity index is 758.